The number of aliphatic hydroxyl groups excluding tert-OH is 2. The minimum absolute atomic E-state index is 0.0128. The van der Waals surface area contributed by atoms with Crippen molar-refractivity contribution in [2.45, 2.75) is 91.1 Å². The lowest BCUT2D eigenvalue weighted by Crippen LogP contribution is -2.71. The van der Waals surface area contributed by atoms with Gasteiger partial charge in [-0.3, -0.25) is 14.4 Å². The van der Waals surface area contributed by atoms with E-state index < -0.39 is 74.5 Å². The van der Waals surface area contributed by atoms with E-state index in [1.807, 2.05) is 6.92 Å². The monoisotopic (exact) mass is 578 g/mol. The molecule has 0 saturated heterocycles. The zero-order valence-corrected chi connectivity index (χ0v) is 25.1. The van der Waals surface area contributed by atoms with Crippen LogP contribution in [0.2, 0.25) is 0 Å². The largest absolute Gasteiger partial charge is 0.511 e. The van der Waals surface area contributed by atoms with Crippen LogP contribution in [0.1, 0.15) is 101 Å². The highest BCUT2D eigenvalue weighted by atomic mass is 16.3. The molecule has 8 nitrogen and oxygen atoms in total. The summed E-state index contributed by atoms with van der Waals surface area (Å²) in [4.78, 5) is 53.6. The van der Waals surface area contributed by atoms with Crippen molar-refractivity contribution in [3.63, 3.8) is 0 Å². The molecule has 1 aromatic carbocycles. The lowest BCUT2D eigenvalue weighted by Gasteiger charge is -2.65. The number of aliphatic hydroxyl groups is 3. The van der Waals surface area contributed by atoms with Crippen molar-refractivity contribution in [2.24, 2.45) is 34.5 Å². The second-order valence-electron chi connectivity index (χ2n) is 13.7. The molecule has 0 bridgehead atoms. The second kappa shape index (κ2) is 10.2. The summed E-state index contributed by atoms with van der Waals surface area (Å²) in [6.07, 6.45) is 6.42. The summed E-state index contributed by atoms with van der Waals surface area (Å²) >= 11 is 0. The number of fused-ring (bicyclic) bond motifs is 3. The summed E-state index contributed by atoms with van der Waals surface area (Å²) in [5.41, 5.74) is -5.91. The number of phenols is 1. The summed E-state index contributed by atoms with van der Waals surface area (Å²) in [6.45, 7) is 8.07. The van der Waals surface area contributed by atoms with Crippen LogP contribution in [0.4, 0.5) is 0 Å². The molecule has 1 aromatic rings. The molecule has 0 spiro atoms. The molecule has 0 heterocycles. The van der Waals surface area contributed by atoms with Crippen LogP contribution in [0, 0.1) is 34.5 Å². The molecule has 226 valence electrons. The van der Waals surface area contributed by atoms with Crippen LogP contribution in [-0.4, -0.2) is 49.7 Å². The molecule has 5 rings (SSSR count). The van der Waals surface area contributed by atoms with E-state index in [-0.39, 0.29) is 23.3 Å². The van der Waals surface area contributed by atoms with E-state index >= 15 is 0 Å². The highest BCUT2D eigenvalue weighted by molar-refractivity contribution is 6.25. The van der Waals surface area contributed by atoms with Crippen molar-refractivity contribution in [3.05, 3.63) is 52.0 Å². The number of benzene rings is 1. The Kier molecular flexibility index (Phi) is 7.32. The lowest BCUT2D eigenvalue weighted by atomic mass is 9.37. The van der Waals surface area contributed by atoms with Gasteiger partial charge in [0.15, 0.2) is 17.2 Å². The van der Waals surface area contributed by atoms with E-state index in [4.69, 9.17) is 0 Å². The second-order valence-corrected chi connectivity index (χ2v) is 13.7. The average molecular weight is 579 g/mol. The first kappa shape index (κ1) is 30.2. The SMILES string of the molecule is CC(=O)C1=C(O)C(C(C)C)[C@@]2(C)[C@H](CC=O)[C@]3(C)C(=C(O)[C@@]2(O)C1=O)C(=O)c1c(O)cccc1[C@H]3CCC1CCCC1. The molecule has 4 aliphatic rings. The first-order valence-corrected chi connectivity index (χ1v) is 15.2. The fourth-order valence-corrected chi connectivity index (χ4v) is 9.67. The molecule has 4 N–H and O–H groups in total. The lowest BCUT2D eigenvalue weighted by molar-refractivity contribution is -0.193. The molecule has 6 atom stereocenters. The number of hydrogen-bond donors (Lipinski definition) is 4. The van der Waals surface area contributed by atoms with Gasteiger partial charge in [0.25, 0.3) is 0 Å². The minimum Gasteiger partial charge on any atom is -0.511 e. The van der Waals surface area contributed by atoms with Gasteiger partial charge in [-0.05, 0) is 55.1 Å². The van der Waals surface area contributed by atoms with Crippen molar-refractivity contribution in [1.82, 2.24) is 0 Å². The van der Waals surface area contributed by atoms with E-state index in [9.17, 15) is 39.6 Å². The molecule has 0 radical (unpaired) electrons. The van der Waals surface area contributed by atoms with Gasteiger partial charge in [0, 0.05) is 28.7 Å². The fourth-order valence-electron chi connectivity index (χ4n) is 9.67. The van der Waals surface area contributed by atoms with Gasteiger partial charge < -0.3 is 25.2 Å². The van der Waals surface area contributed by atoms with Crippen molar-refractivity contribution in [2.75, 3.05) is 0 Å². The van der Waals surface area contributed by atoms with Crippen molar-refractivity contribution in [3.8, 4) is 5.75 Å². The minimum atomic E-state index is -2.77. The summed E-state index contributed by atoms with van der Waals surface area (Å²) in [6, 6.07) is 4.86. The number of aromatic hydroxyl groups is 1. The molecule has 1 saturated carbocycles. The number of carbonyl (C=O) groups excluding carboxylic acids is 4. The van der Waals surface area contributed by atoms with Crippen LogP contribution in [0.5, 0.6) is 5.75 Å². The maximum atomic E-state index is 14.3. The van der Waals surface area contributed by atoms with Crippen LogP contribution in [0.3, 0.4) is 0 Å². The maximum absolute atomic E-state index is 14.3. The molecule has 0 amide bonds. The summed E-state index contributed by atoms with van der Waals surface area (Å²) in [5.74, 6) is -6.57. The van der Waals surface area contributed by atoms with Gasteiger partial charge in [-0.2, -0.15) is 0 Å². The van der Waals surface area contributed by atoms with E-state index in [0.29, 0.717) is 24.2 Å². The van der Waals surface area contributed by atoms with Crippen LogP contribution < -0.4 is 0 Å². The van der Waals surface area contributed by atoms with Crippen LogP contribution in [0.15, 0.2) is 40.9 Å². The molecule has 4 aliphatic carbocycles. The van der Waals surface area contributed by atoms with E-state index in [0.717, 1.165) is 39.0 Å². The van der Waals surface area contributed by atoms with Crippen molar-refractivity contribution >= 4 is 23.6 Å². The third-order valence-electron chi connectivity index (χ3n) is 11.4. The van der Waals surface area contributed by atoms with Crippen molar-refractivity contribution < 1.29 is 39.6 Å². The van der Waals surface area contributed by atoms with Gasteiger partial charge in [-0.15, -0.1) is 0 Å². The zero-order chi connectivity index (χ0) is 30.9. The van der Waals surface area contributed by atoms with E-state index in [2.05, 4.69) is 0 Å². The van der Waals surface area contributed by atoms with Gasteiger partial charge in [0.2, 0.25) is 5.78 Å². The third-order valence-corrected chi connectivity index (χ3v) is 11.4. The summed E-state index contributed by atoms with van der Waals surface area (Å²) in [7, 11) is 0. The molecule has 0 aliphatic heterocycles. The number of Topliss-reactive ketones (excluding diaryl/α,β-unsaturated/α-hetero) is 3. The number of phenolic OH excluding ortho intramolecular Hbond substituents is 1. The predicted molar refractivity (Wildman–Crippen MR) is 155 cm³/mol. The number of aldehydes is 1. The number of allylic oxidation sites excluding steroid dienone is 2. The number of carbonyl (C=O) groups is 4. The highest BCUT2D eigenvalue weighted by Crippen LogP contribution is 2.71. The Morgan fingerprint density at radius 2 is 1.71 bits per heavy atom. The van der Waals surface area contributed by atoms with Gasteiger partial charge in [0.05, 0.1) is 5.56 Å². The molecule has 8 heteroatoms. The number of rotatable bonds is 7. The van der Waals surface area contributed by atoms with E-state index in [1.54, 1.807) is 32.9 Å². The summed E-state index contributed by atoms with van der Waals surface area (Å²) < 4.78 is 0. The Morgan fingerprint density at radius 3 is 2.29 bits per heavy atom. The standard InChI is InChI=1S/C34H42O8/c1-17(2)26-28(38)24(18(3)36)30(40)34(42)31(41)27-29(39)25-20(11-8-12-22(25)37)21(14-13-19-9-6-7-10-19)32(27,4)23(15-16-35)33(26,34)5/h8,11-12,16-17,19,21,23,26,37-38,41-42H,6-7,9-10,13-15H2,1-5H3/t21-,23-,26?,32-,33-,34+/m1/s1. The number of hydrogen-bond acceptors (Lipinski definition) is 8. The molecule has 1 unspecified atom stereocenters. The first-order chi connectivity index (χ1) is 19.7. The van der Waals surface area contributed by atoms with Gasteiger partial charge >= 0.3 is 0 Å². The van der Waals surface area contributed by atoms with Crippen molar-refractivity contribution in [1.29, 1.82) is 0 Å². The van der Waals surface area contributed by atoms with Gasteiger partial charge in [-0.25, -0.2) is 0 Å². The Hall–Kier alpha value is -3.26. The van der Waals surface area contributed by atoms with Crippen LogP contribution in [-0.2, 0) is 14.4 Å². The van der Waals surface area contributed by atoms with Gasteiger partial charge in [0.1, 0.15) is 29.1 Å². The summed E-state index contributed by atoms with van der Waals surface area (Å²) in [5, 5.41) is 47.1. The fraction of sp³-hybridized carbons (Fsp3) is 0.588. The van der Waals surface area contributed by atoms with Crippen LogP contribution in [0.25, 0.3) is 0 Å². The third kappa shape index (κ3) is 3.69. The molecule has 42 heavy (non-hydrogen) atoms. The Balaban J connectivity index is 1.88. The smallest absolute Gasteiger partial charge is 0.209 e. The number of ketones is 3. The Bertz CT molecular complexity index is 1430. The quantitative estimate of drug-likeness (QED) is 0.239. The molecular formula is C34H42O8. The Labute approximate surface area is 246 Å². The normalized spacial score (nSPS) is 34.9. The maximum Gasteiger partial charge on any atom is 0.209 e. The predicted octanol–water partition coefficient (Wildman–Crippen LogP) is 5.67. The first-order valence-electron chi connectivity index (χ1n) is 15.2. The topological polar surface area (TPSA) is 149 Å². The Morgan fingerprint density at radius 1 is 1.07 bits per heavy atom. The van der Waals surface area contributed by atoms with Gasteiger partial charge in [-0.1, -0.05) is 65.5 Å². The average Bonchev–Trinajstić information content (AvgIpc) is 3.42. The van der Waals surface area contributed by atoms with E-state index in [1.165, 1.54) is 6.07 Å². The highest BCUT2D eigenvalue weighted by Gasteiger charge is 2.75. The molecular weight excluding hydrogens is 536 g/mol. The molecule has 0 aromatic heterocycles. The van der Waals surface area contributed by atoms with Crippen LogP contribution >= 0.6 is 0 Å². The molecule has 1 fully saturated rings. The zero-order valence-electron chi connectivity index (χ0n) is 25.1.